The number of rotatable bonds is 7. The highest BCUT2D eigenvalue weighted by atomic mass is 35.5. The van der Waals surface area contributed by atoms with Crippen LogP contribution in [-0.2, 0) is 12.1 Å². The van der Waals surface area contributed by atoms with Crippen LogP contribution in [0.25, 0.3) is 0 Å². The molecule has 0 spiro atoms. The molecule has 4 saturated carbocycles. The Morgan fingerprint density at radius 1 is 1.16 bits per heavy atom. The Balaban J connectivity index is 0.00000245. The fraction of sp³-hybridized carbons (Fsp3) is 0.667. The minimum atomic E-state index is -1.56. The first-order valence-corrected chi connectivity index (χ1v) is 11.5. The number of halogens is 3. The summed E-state index contributed by atoms with van der Waals surface area (Å²) in [6.07, 6.45) is 9.68. The molecule has 6 rings (SSSR count). The summed E-state index contributed by atoms with van der Waals surface area (Å²) in [6, 6.07) is 3.67. The molecule has 4 aliphatic carbocycles. The zero-order valence-electron chi connectivity index (χ0n) is 18.7. The van der Waals surface area contributed by atoms with Crippen molar-refractivity contribution >= 4 is 12.4 Å². The van der Waals surface area contributed by atoms with Crippen molar-refractivity contribution in [2.24, 2.45) is 29.6 Å². The minimum absolute atomic E-state index is 0. The molecule has 5 nitrogen and oxygen atoms in total. The SMILES string of the molecule is CC(C1C2CC3CC(C2)CC1C3)N(C)CC(O)(Cn1cncn1)c1ccc(F)cc1F.Cl. The van der Waals surface area contributed by atoms with Crippen molar-refractivity contribution in [3.63, 3.8) is 0 Å². The molecule has 32 heavy (non-hydrogen) atoms. The highest BCUT2D eigenvalue weighted by Crippen LogP contribution is 2.57. The van der Waals surface area contributed by atoms with Gasteiger partial charge in [-0.05, 0) is 81.7 Å². The van der Waals surface area contributed by atoms with Gasteiger partial charge in [-0.3, -0.25) is 0 Å². The number of nitrogens with zero attached hydrogens (tertiary/aromatic N) is 4. The van der Waals surface area contributed by atoms with Crippen LogP contribution in [0.2, 0.25) is 0 Å². The van der Waals surface area contributed by atoms with Gasteiger partial charge in [-0.2, -0.15) is 5.10 Å². The second-order valence-electron chi connectivity index (χ2n) is 10.4. The fourth-order valence-corrected chi connectivity index (χ4v) is 7.28. The molecule has 2 atom stereocenters. The van der Waals surface area contributed by atoms with Gasteiger partial charge in [-0.15, -0.1) is 12.4 Å². The van der Waals surface area contributed by atoms with Gasteiger partial charge in [0.05, 0.1) is 6.54 Å². The first-order valence-electron chi connectivity index (χ1n) is 11.5. The Kier molecular flexibility index (Phi) is 6.63. The molecule has 2 unspecified atom stereocenters. The van der Waals surface area contributed by atoms with Gasteiger partial charge >= 0.3 is 0 Å². The van der Waals surface area contributed by atoms with Gasteiger partial charge in [-0.1, -0.05) is 6.07 Å². The first-order chi connectivity index (χ1) is 14.8. The third kappa shape index (κ3) is 4.31. The van der Waals surface area contributed by atoms with Crippen molar-refractivity contribution in [3.8, 4) is 0 Å². The maximum atomic E-state index is 14.8. The molecular weight excluding hydrogens is 434 g/mol. The predicted octanol–water partition coefficient (Wildman–Crippen LogP) is 4.26. The molecule has 1 aromatic carbocycles. The van der Waals surface area contributed by atoms with Gasteiger partial charge in [0.2, 0.25) is 0 Å². The van der Waals surface area contributed by atoms with Crippen LogP contribution in [0.3, 0.4) is 0 Å². The van der Waals surface area contributed by atoms with E-state index in [1.165, 1.54) is 61.6 Å². The number of benzene rings is 1. The molecule has 4 fully saturated rings. The van der Waals surface area contributed by atoms with Crippen molar-refractivity contribution in [1.29, 1.82) is 0 Å². The predicted molar refractivity (Wildman–Crippen MR) is 120 cm³/mol. The Morgan fingerprint density at radius 2 is 1.81 bits per heavy atom. The standard InChI is InChI=1S/C24H32F2N4O.ClH/c1-15(23-18-6-16-5-17(8-18)9-19(23)7-16)29(2)11-24(31,12-30-14-27-13-28-30)21-4-3-20(25)10-22(21)26;/h3-4,10,13-19,23,31H,5-9,11-12H2,1-2H3;1H. The van der Waals surface area contributed by atoms with Crippen LogP contribution < -0.4 is 0 Å². The monoisotopic (exact) mass is 466 g/mol. The van der Waals surface area contributed by atoms with Gasteiger partial charge in [0, 0.05) is 24.2 Å². The highest BCUT2D eigenvalue weighted by Gasteiger charge is 2.50. The number of hydrogen-bond donors (Lipinski definition) is 1. The third-order valence-corrected chi connectivity index (χ3v) is 8.39. The zero-order chi connectivity index (χ0) is 21.8. The lowest BCUT2D eigenvalue weighted by molar-refractivity contribution is -0.0847. The van der Waals surface area contributed by atoms with E-state index in [0.29, 0.717) is 5.92 Å². The Hall–Kier alpha value is -1.57. The smallest absolute Gasteiger partial charge is 0.137 e. The third-order valence-electron chi connectivity index (χ3n) is 8.39. The number of aromatic nitrogens is 3. The lowest BCUT2D eigenvalue weighted by Crippen LogP contribution is -2.54. The van der Waals surface area contributed by atoms with E-state index in [4.69, 9.17) is 0 Å². The van der Waals surface area contributed by atoms with Gasteiger partial charge in [0.15, 0.2) is 0 Å². The molecule has 4 bridgehead atoms. The van der Waals surface area contributed by atoms with E-state index in [-0.39, 0.29) is 37.1 Å². The minimum Gasteiger partial charge on any atom is -0.382 e. The van der Waals surface area contributed by atoms with Crippen molar-refractivity contribution < 1.29 is 13.9 Å². The topological polar surface area (TPSA) is 54.2 Å². The molecular formula is C24H33ClF2N4O. The number of hydrogen-bond acceptors (Lipinski definition) is 4. The van der Waals surface area contributed by atoms with E-state index in [1.807, 2.05) is 7.05 Å². The summed E-state index contributed by atoms with van der Waals surface area (Å²) in [7, 11) is 2.02. The van der Waals surface area contributed by atoms with Gasteiger partial charge in [0.25, 0.3) is 0 Å². The van der Waals surface area contributed by atoms with Crippen molar-refractivity contribution in [3.05, 3.63) is 48.1 Å². The van der Waals surface area contributed by atoms with E-state index in [1.54, 1.807) is 0 Å². The van der Waals surface area contributed by atoms with Crippen molar-refractivity contribution in [2.75, 3.05) is 13.6 Å². The molecule has 8 heteroatoms. The number of likely N-dealkylation sites (N-methyl/N-ethyl adjacent to an activating group) is 1. The van der Waals surface area contributed by atoms with E-state index >= 15 is 0 Å². The van der Waals surface area contributed by atoms with Crippen molar-refractivity contribution in [2.45, 2.75) is 57.2 Å². The average Bonchev–Trinajstić information content (AvgIpc) is 3.19. The molecule has 1 N–H and O–H groups in total. The molecule has 1 aromatic heterocycles. The maximum Gasteiger partial charge on any atom is 0.137 e. The van der Waals surface area contributed by atoms with Gasteiger partial charge < -0.3 is 10.0 Å². The summed E-state index contributed by atoms with van der Waals surface area (Å²) >= 11 is 0. The van der Waals surface area contributed by atoms with Crippen LogP contribution in [-0.4, -0.2) is 44.4 Å². The molecule has 2 aromatic rings. The van der Waals surface area contributed by atoms with Crippen LogP contribution in [0.5, 0.6) is 0 Å². The van der Waals surface area contributed by atoms with Crippen LogP contribution in [0.1, 0.15) is 44.6 Å². The van der Waals surface area contributed by atoms with Crippen LogP contribution in [0, 0.1) is 41.2 Å². The first kappa shape index (κ1) is 23.6. The molecule has 0 aliphatic heterocycles. The Labute approximate surface area is 194 Å². The molecule has 4 aliphatic rings. The van der Waals surface area contributed by atoms with Gasteiger partial charge in [0.1, 0.15) is 29.9 Å². The van der Waals surface area contributed by atoms with E-state index in [2.05, 4.69) is 21.9 Å². The normalized spacial score (nSPS) is 31.4. The van der Waals surface area contributed by atoms with Crippen LogP contribution in [0.4, 0.5) is 8.78 Å². The fourth-order valence-electron chi connectivity index (χ4n) is 7.28. The van der Waals surface area contributed by atoms with E-state index in [9.17, 15) is 13.9 Å². The Bertz CT molecular complexity index is 899. The molecule has 0 amide bonds. The molecule has 176 valence electrons. The lowest BCUT2D eigenvalue weighted by Gasteiger charge is -2.57. The quantitative estimate of drug-likeness (QED) is 0.662. The summed E-state index contributed by atoms with van der Waals surface area (Å²) in [5.74, 6) is 2.58. The maximum absolute atomic E-state index is 14.8. The van der Waals surface area contributed by atoms with Crippen molar-refractivity contribution in [1.82, 2.24) is 19.7 Å². The molecule has 0 radical (unpaired) electrons. The lowest BCUT2D eigenvalue weighted by atomic mass is 9.50. The van der Waals surface area contributed by atoms with E-state index < -0.39 is 17.2 Å². The van der Waals surface area contributed by atoms with Crippen LogP contribution >= 0.6 is 12.4 Å². The molecule has 0 saturated heterocycles. The second-order valence-corrected chi connectivity index (χ2v) is 10.4. The van der Waals surface area contributed by atoms with E-state index in [0.717, 1.165) is 29.7 Å². The Morgan fingerprint density at radius 3 is 2.38 bits per heavy atom. The summed E-state index contributed by atoms with van der Waals surface area (Å²) in [5.41, 5.74) is -1.46. The van der Waals surface area contributed by atoms with Crippen LogP contribution in [0.15, 0.2) is 30.9 Å². The van der Waals surface area contributed by atoms with Gasteiger partial charge in [-0.25, -0.2) is 18.4 Å². The molecule has 1 heterocycles. The summed E-state index contributed by atoms with van der Waals surface area (Å²) in [4.78, 5) is 6.12. The zero-order valence-corrected chi connectivity index (χ0v) is 19.5. The number of aliphatic hydroxyl groups is 1. The largest absolute Gasteiger partial charge is 0.382 e. The second kappa shape index (κ2) is 8.99. The highest BCUT2D eigenvalue weighted by molar-refractivity contribution is 5.85. The average molecular weight is 467 g/mol. The summed E-state index contributed by atoms with van der Waals surface area (Å²) < 4.78 is 29.8. The summed E-state index contributed by atoms with van der Waals surface area (Å²) in [5, 5.41) is 15.8. The summed E-state index contributed by atoms with van der Waals surface area (Å²) in [6.45, 7) is 2.54.